The summed E-state index contributed by atoms with van der Waals surface area (Å²) in [7, 11) is 0. The maximum atomic E-state index is 5.79. The van der Waals surface area contributed by atoms with E-state index in [9.17, 15) is 0 Å². The van der Waals surface area contributed by atoms with E-state index in [1.165, 1.54) is 0 Å². The molecule has 0 amide bonds. The van der Waals surface area contributed by atoms with Crippen LogP contribution in [0.25, 0.3) is 0 Å². The van der Waals surface area contributed by atoms with Gasteiger partial charge in [-0.25, -0.2) is 0 Å². The van der Waals surface area contributed by atoms with E-state index in [1.54, 1.807) is 0 Å². The lowest BCUT2D eigenvalue weighted by Gasteiger charge is -2.24. The molecule has 0 radical (unpaired) electrons. The van der Waals surface area contributed by atoms with Crippen LogP contribution >= 0.6 is 6.72 Å². The average Bonchev–Trinajstić information content (AvgIpc) is 2.30. The summed E-state index contributed by atoms with van der Waals surface area (Å²) >= 11 is 5.32. The Balaban J connectivity index is 2.71. The summed E-state index contributed by atoms with van der Waals surface area (Å²) in [4.78, 5) is 0. The van der Waals surface area contributed by atoms with Gasteiger partial charge >= 0.3 is 6.72 Å². The van der Waals surface area contributed by atoms with E-state index >= 15 is 0 Å². The van der Waals surface area contributed by atoms with Crippen molar-refractivity contribution in [2.75, 3.05) is 13.2 Å². The molecule has 0 aliphatic heterocycles. The smallest absolute Gasteiger partial charge is 0.309 e. The van der Waals surface area contributed by atoms with Gasteiger partial charge in [0.1, 0.15) is 0 Å². The Morgan fingerprint density at radius 3 is 2.12 bits per heavy atom. The third kappa shape index (κ3) is 4.86. The molecule has 1 rings (SSSR count). The lowest BCUT2D eigenvalue weighted by Crippen LogP contribution is -2.04. The van der Waals surface area contributed by atoms with Crippen LogP contribution in [0.1, 0.15) is 32.4 Å². The molecule has 3 nitrogen and oxygen atoms in total. The fourth-order valence-corrected chi connectivity index (χ4v) is 3.75. The maximum Gasteiger partial charge on any atom is 0.327 e. The van der Waals surface area contributed by atoms with Crippen LogP contribution < -0.4 is 0 Å². The van der Waals surface area contributed by atoms with E-state index in [4.69, 9.17) is 25.4 Å². The zero-order chi connectivity index (χ0) is 12.7. The third-order valence-corrected chi connectivity index (χ3v) is 4.74. The summed E-state index contributed by atoms with van der Waals surface area (Å²) in [6.07, 6.45) is -0.125. The van der Waals surface area contributed by atoms with Crippen LogP contribution in [0, 0.1) is 0 Å². The number of hydrogen-bond acceptors (Lipinski definition) is 4. The Bertz CT molecular complexity index is 359. The Hall–Kier alpha value is -0.250. The molecule has 0 saturated heterocycles. The molecule has 1 unspecified atom stereocenters. The molecule has 1 aromatic carbocycles. The minimum Gasteiger partial charge on any atom is -0.309 e. The van der Waals surface area contributed by atoms with Crippen molar-refractivity contribution in [1.29, 1.82) is 0 Å². The van der Waals surface area contributed by atoms with Crippen molar-refractivity contribution in [2.24, 2.45) is 0 Å². The van der Waals surface area contributed by atoms with Gasteiger partial charge < -0.3 is 13.6 Å². The van der Waals surface area contributed by atoms with Crippen molar-refractivity contribution < 1.29 is 13.6 Å². The minimum atomic E-state index is -2.61. The number of benzene rings is 1. The predicted octanol–water partition coefficient (Wildman–Crippen LogP) is 4.06. The maximum absolute atomic E-state index is 5.79. The average molecular weight is 274 g/mol. The topological polar surface area (TPSA) is 27.7 Å². The Morgan fingerprint density at radius 1 is 1.12 bits per heavy atom. The summed E-state index contributed by atoms with van der Waals surface area (Å²) < 4.78 is 16.7. The van der Waals surface area contributed by atoms with Gasteiger partial charge in [0.25, 0.3) is 0 Å². The molecule has 1 aromatic rings. The van der Waals surface area contributed by atoms with Crippen LogP contribution in [0.15, 0.2) is 30.3 Å². The van der Waals surface area contributed by atoms with E-state index in [-0.39, 0.29) is 6.10 Å². The zero-order valence-electron chi connectivity index (χ0n) is 10.5. The van der Waals surface area contributed by atoms with E-state index in [2.05, 4.69) is 0 Å². The summed E-state index contributed by atoms with van der Waals surface area (Å²) in [5, 5.41) is 0. The van der Waals surface area contributed by atoms with Crippen molar-refractivity contribution in [3.8, 4) is 0 Å². The zero-order valence-corrected chi connectivity index (χ0v) is 12.2. The van der Waals surface area contributed by atoms with Crippen LogP contribution in [0.5, 0.6) is 0 Å². The highest BCUT2D eigenvalue weighted by molar-refractivity contribution is 8.07. The molecule has 0 aliphatic carbocycles. The molecular weight excluding hydrogens is 255 g/mol. The van der Waals surface area contributed by atoms with E-state index in [1.807, 2.05) is 51.1 Å². The van der Waals surface area contributed by atoms with Gasteiger partial charge in [0, 0.05) is 0 Å². The summed E-state index contributed by atoms with van der Waals surface area (Å²) in [6.45, 7) is 4.11. The summed E-state index contributed by atoms with van der Waals surface area (Å²) in [6, 6.07) is 9.92. The molecule has 0 bridgehead atoms. The van der Waals surface area contributed by atoms with Gasteiger partial charge in [-0.05, 0) is 38.1 Å². The molecule has 0 spiro atoms. The largest absolute Gasteiger partial charge is 0.327 e. The lowest BCUT2D eigenvalue weighted by molar-refractivity contribution is 0.130. The molecule has 96 valence electrons. The van der Waals surface area contributed by atoms with Gasteiger partial charge in [0.15, 0.2) is 0 Å². The third-order valence-electron chi connectivity index (χ3n) is 2.13. The Labute approximate surface area is 108 Å². The monoisotopic (exact) mass is 274 g/mol. The van der Waals surface area contributed by atoms with Gasteiger partial charge in [0.05, 0.1) is 19.3 Å². The van der Waals surface area contributed by atoms with Crippen molar-refractivity contribution in [3.05, 3.63) is 35.9 Å². The highest BCUT2D eigenvalue weighted by Gasteiger charge is 2.23. The fourth-order valence-electron chi connectivity index (χ4n) is 1.39. The van der Waals surface area contributed by atoms with E-state index in [0.717, 1.165) is 5.56 Å². The second-order valence-corrected chi connectivity index (χ2v) is 6.40. The molecule has 0 saturated carbocycles. The second kappa shape index (κ2) is 7.24. The Morgan fingerprint density at radius 2 is 1.65 bits per heavy atom. The standard InChI is InChI=1S/C12H19O3PS/c1-4-13-16(17,14-5-2)15-11(3)12-9-7-6-8-10-12/h6-11H,4-5H2,1-3H3. The van der Waals surface area contributed by atoms with Crippen LogP contribution in [0.4, 0.5) is 0 Å². The van der Waals surface area contributed by atoms with Gasteiger partial charge in [-0.15, -0.1) is 0 Å². The summed E-state index contributed by atoms with van der Waals surface area (Å²) in [5.41, 5.74) is 1.07. The van der Waals surface area contributed by atoms with Gasteiger partial charge in [-0.1, -0.05) is 30.3 Å². The molecule has 5 heteroatoms. The minimum absolute atomic E-state index is 0.125. The molecule has 0 aliphatic rings. The normalized spacial score (nSPS) is 13.6. The molecular formula is C12H19O3PS. The first-order valence-corrected chi connectivity index (χ1v) is 8.29. The van der Waals surface area contributed by atoms with Crippen LogP contribution in [-0.2, 0) is 25.4 Å². The van der Waals surface area contributed by atoms with Gasteiger partial charge in [-0.2, -0.15) is 0 Å². The van der Waals surface area contributed by atoms with Crippen LogP contribution in [0.3, 0.4) is 0 Å². The number of rotatable bonds is 7. The first kappa shape index (κ1) is 14.8. The van der Waals surface area contributed by atoms with Crippen molar-refractivity contribution in [1.82, 2.24) is 0 Å². The van der Waals surface area contributed by atoms with Crippen LogP contribution in [0.2, 0.25) is 0 Å². The molecule has 0 aromatic heterocycles. The molecule has 0 heterocycles. The molecule has 0 fully saturated rings. The molecule has 17 heavy (non-hydrogen) atoms. The molecule has 0 N–H and O–H groups in total. The predicted molar refractivity (Wildman–Crippen MR) is 73.5 cm³/mol. The lowest BCUT2D eigenvalue weighted by atomic mass is 10.1. The SMILES string of the molecule is CCOP(=S)(OCC)OC(C)c1ccccc1. The van der Waals surface area contributed by atoms with E-state index < -0.39 is 6.72 Å². The highest BCUT2D eigenvalue weighted by atomic mass is 32.5. The van der Waals surface area contributed by atoms with Crippen molar-refractivity contribution >= 4 is 18.5 Å². The first-order valence-electron chi connectivity index (χ1n) is 5.73. The Kier molecular flexibility index (Phi) is 6.31. The number of hydrogen-bond donors (Lipinski definition) is 0. The first-order chi connectivity index (χ1) is 8.11. The van der Waals surface area contributed by atoms with Gasteiger partial charge in [-0.3, -0.25) is 0 Å². The van der Waals surface area contributed by atoms with Crippen molar-refractivity contribution in [2.45, 2.75) is 26.9 Å². The van der Waals surface area contributed by atoms with Gasteiger partial charge in [0.2, 0.25) is 0 Å². The second-order valence-electron chi connectivity index (χ2n) is 3.44. The summed E-state index contributed by atoms with van der Waals surface area (Å²) in [5.74, 6) is 0. The van der Waals surface area contributed by atoms with Crippen LogP contribution in [-0.4, -0.2) is 13.2 Å². The van der Waals surface area contributed by atoms with E-state index in [0.29, 0.717) is 13.2 Å². The molecule has 1 atom stereocenters. The quantitative estimate of drug-likeness (QED) is 0.701. The van der Waals surface area contributed by atoms with Crippen molar-refractivity contribution in [3.63, 3.8) is 0 Å². The fraction of sp³-hybridized carbons (Fsp3) is 0.500. The highest BCUT2D eigenvalue weighted by Crippen LogP contribution is 2.53.